The third-order valence-corrected chi connectivity index (χ3v) is 4.29. The lowest BCUT2D eigenvalue weighted by molar-refractivity contribution is -0.149. The molecular weight excluding hydrogens is 322 g/mol. The summed E-state index contributed by atoms with van der Waals surface area (Å²) in [5.74, 6) is -1.22. The Morgan fingerprint density at radius 1 is 1.08 bits per heavy atom. The quantitative estimate of drug-likeness (QED) is 0.606. The lowest BCUT2D eigenvalue weighted by atomic mass is 9.84. The van der Waals surface area contributed by atoms with Crippen LogP contribution in [0.3, 0.4) is 0 Å². The Hall–Kier alpha value is -2.37. The zero-order chi connectivity index (χ0) is 18.1. The van der Waals surface area contributed by atoms with Gasteiger partial charge in [0, 0.05) is 5.92 Å². The molecule has 136 valence electrons. The van der Waals surface area contributed by atoms with Crippen molar-refractivity contribution in [2.75, 3.05) is 6.61 Å². The molecule has 0 aromatic heterocycles. The second kappa shape index (κ2) is 9.81. The van der Waals surface area contributed by atoms with Crippen LogP contribution in [0.5, 0.6) is 0 Å². The third kappa shape index (κ3) is 5.89. The molecule has 1 fully saturated rings. The van der Waals surface area contributed by atoms with E-state index in [1.165, 1.54) is 0 Å². The topological polar surface area (TPSA) is 81.7 Å². The Labute approximate surface area is 147 Å². The summed E-state index contributed by atoms with van der Waals surface area (Å²) in [4.78, 5) is 36.8. The third-order valence-electron chi connectivity index (χ3n) is 4.29. The summed E-state index contributed by atoms with van der Waals surface area (Å²) in [5.41, 5.74) is 0.823. The van der Waals surface area contributed by atoms with Crippen molar-refractivity contribution in [2.45, 2.75) is 51.7 Å². The molecule has 1 saturated carbocycles. The fourth-order valence-electron chi connectivity index (χ4n) is 2.98. The van der Waals surface area contributed by atoms with Crippen LogP contribution in [0.1, 0.15) is 44.6 Å². The van der Waals surface area contributed by atoms with Gasteiger partial charge >= 0.3 is 12.1 Å². The minimum absolute atomic E-state index is 0.0693. The van der Waals surface area contributed by atoms with Gasteiger partial charge in [-0.2, -0.15) is 0 Å². The van der Waals surface area contributed by atoms with Crippen LogP contribution in [0.2, 0.25) is 0 Å². The zero-order valence-electron chi connectivity index (χ0n) is 14.5. The number of esters is 1. The largest absolute Gasteiger partial charge is 0.464 e. The first-order chi connectivity index (χ1) is 12.1. The molecule has 1 atom stereocenters. The maximum Gasteiger partial charge on any atom is 0.408 e. The van der Waals surface area contributed by atoms with Gasteiger partial charge in [-0.25, -0.2) is 9.59 Å². The fourth-order valence-corrected chi connectivity index (χ4v) is 2.98. The van der Waals surface area contributed by atoms with E-state index in [9.17, 15) is 14.4 Å². The molecule has 1 aromatic rings. The van der Waals surface area contributed by atoms with E-state index >= 15 is 0 Å². The molecule has 1 amide bonds. The Morgan fingerprint density at radius 3 is 2.40 bits per heavy atom. The van der Waals surface area contributed by atoms with Gasteiger partial charge in [0.15, 0.2) is 11.8 Å². The average molecular weight is 347 g/mol. The molecule has 0 heterocycles. The van der Waals surface area contributed by atoms with Gasteiger partial charge in [-0.3, -0.25) is 4.79 Å². The molecule has 0 spiro atoms. The van der Waals surface area contributed by atoms with Gasteiger partial charge in [-0.1, -0.05) is 49.6 Å². The number of hydrogen-bond donors (Lipinski definition) is 1. The van der Waals surface area contributed by atoms with E-state index in [4.69, 9.17) is 9.47 Å². The summed E-state index contributed by atoms with van der Waals surface area (Å²) in [6, 6.07) is 7.89. The standard InChI is InChI=1S/C19H25NO5/c1-2-24-18(22)16(17(21)15-11-7-4-8-12-15)20-19(23)25-13-14-9-5-3-6-10-14/h3,5-6,9-10,15-16H,2,4,7-8,11-13H2,1H3,(H,20,23). The van der Waals surface area contributed by atoms with Crippen molar-refractivity contribution in [3.05, 3.63) is 35.9 Å². The van der Waals surface area contributed by atoms with Crippen LogP contribution in [-0.4, -0.2) is 30.5 Å². The van der Waals surface area contributed by atoms with Crippen LogP contribution in [0.25, 0.3) is 0 Å². The number of benzene rings is 1. The number of amides is 1. The smallest absolute Gasteiger partial charge is 0.408 e. The number of ketones is 1. The van der Waals surface area contributed by atoms with Gasteiger partial charge in [0.25, 0.3) is 0 Å². The van der Waals surface area contributed by atoms with E-state index in [1.54, 1.807) is 6.92 Å². The number of carbonyl (C=O) groups is 3. The Kier molecular flexibility index (Phi) is 7.44. The van der Waals surface area contributed by atoms with Crippen molar-refractivity contribution in [3.8, 4) is 0 Å². The van der Waals surface area contributed by atoms with Crippen LogP contribution in [0.15, 0.2) is 30.3 Å². The summed E-state index contributed by atoms with van der Waals surface area (Å²) in [5, 5.41) is 2.38. The molecule has 1 N–H and O–H groups in total. The van der Waals surface area contributed by atoms with Crippen LogP contribution in [-0.2, 0) is 25.7 Å². The van der Waals surface area contributed by atoms with Gasteiger partial charge in [0.05, 0.1) is 6.61 Å². The number of carbonyl (C=O) groups excluding carboxylic acids is 3. The van der Waals surface area contributed by atoms with Gasteiger partial charge in [0.1, 0.15) is 6.61 Å². The highest BCUT2D eigenvalue weighted by molar-refractivity contribution is 6.06. The number of rotatable bonds is 7. The van der Waals surface area contributed by atoms with E-state index < -0.39 is 18.1 Å². The van der Waals surface area contributed by atoms with Crippen molar-refractivity contribution in [2.24, 2.45) is 5.92 Å². The predicted octanol–water partition coefficient (Wildman–Crippen LogP) is 2.99. The first kappa shape index (κ1) is 19.0. The molecule has 0 radical (unpaired) electrons. The molecule has 1 aromatic carbocycles. The van der Waals surface area contributed by atoms with E-state index in [-0.39, 0.29) is 24.9 Å². The second-order valence-electron chi connectivity index (χ2n) is 6.13. The summed E-state index contributed by atoms with van der Waals surface area (Å²) in [6.07, 6.45) is 3.71. The Morgan fingerprint density at radius 2 is 1.76 bits per heavy atom. The van der Waals surface area contributed by atoms with E-state index in [0.717, 1.165) is 37.7 Å². The Bertz CT molecular complexity index is 581. The van der Waals surface area contributed by atoms with E-state index in [2.05, 4.69) is 5.32 Å². The lowest BCUT2D eigenvalue weighted by Crippen LogP contribution is -2.50. The molecule has 2 rings (SSSR count). The molecule has 1 aliphatic rings. The van der Waals surface area contributed by atoms with Crippen molar-refractivity contribution in [1.29, 1.82) is 0 Å². The molecule has 1 aliphatic carbocycles. The molecule has 0 saturated heterocycles. The summed E-state index contributed by atoms with van der Waals surface area (Å²) in [7, 11) is 0. The monoisotopic (exact) mass is 347 g/mol. The van der Waals surface area contributed by atoms with E-state index in [1.807, 2.05) is 30.3 Å². The number of nitrogens with one attached hydrogen (secondary N) is 1. The zero-order valence-corrected chi connectivity index (χ0v) is 14.5. The fraction of sp³-hybridized carbons (Fsp3) is 0.526. The SMILES string of the molecule is CCOC(=O)C(NC(=O)OCc1ccccc1)C(=O)C1CCCCC1. The highest BCUT2D eigenvalue weighted by Gasteiger charge is 2.35. The van der Waals surface area contributed by atoms with Crippen LogP contribution in [0, 0.1) is 5.92 Å². The predicted molar refractivity (Wildman–Crippen MR) is 91.8 cm³/mol. The normalized spacial score (nSPS) is 15.9. The maximum absolute atomic E-state index is 12.7. The molecule has 0 aliphatic heterocycles. The minimum atomic E-state index is -1.30. The average Bonchev–Trinajstić information content (AvgIpc) is 2.65. The molecular formula is C19H25NO5. The summed E-state index contributed by atoms with van der Waals surface area (Å²) in [6.45, 7) is 1.88. The van der Waals surface area contributed by atoms with Crippen molar-refractivity contribution in [3.63, 3.8) is 0 Å². The number of ether oxygens (including phenoxy) is 2. The van der Waals surface area contributed by atoms with Crippen LogP contribution in [0.4, 0.5) is 4.79 Å². The highest BCUT2D eigenvalue weighted by atomic mass is 16.6. The highest BCUT2D eigenvalue weighted by Crippen LogP contribution is 2.25. The Balaban J connectivity index is 1.95. The van der Waals surface area contributed by atoms with Gasteiger partial charge in [0.2, 0.25) is 0 Å². The second-order valence-corrected chi connectivity index (χ2v) is 6.13. The van der Waals surface area contributed by atoms with Gasteiger partial charge in [-0.15, -0.1) is 0 Å². The van der Waals surface area contributed by atoms with Crippen molar-refractivity contribution in [1.82, 2.24) is 5.32 Å². The summed E-state index contributed by atoms with van der Waals surface area (Å²) < 4.78 is 10.1. The van der Waals surface area contributed by atoms with Crippen LogP contribution >= 0.6 is 0 Å². The molecule has 6 heteroatoms. The maximum atomic E-state index is 12.7. The molecule has 6 nitrogen and oxygen atoms in total. The number of Topliss-reactive ketones (excluding diaryl/α,β-unsaturated/α-hetero) is 1. The molecule has 0 bridgehead atoms. The van der Waals surface area contributed by atoms with E-state index in [0.29, 0.717) is 0 Å². The van der Waals surface area contributed by atoms with Crippen molar-refractivity contribution >= 4 is 17.8 Å². The number of hydrogen-bond acceptors (Lipinski definition) is 5. The first-order valence-electron chi connectivity index (χ1n) is 8.79. The van der Waals surface area contributed by atoms with Gasteiger partial charge < -0.3 is 14.8 Å². The van der Waals surface area contributed by atoms with Crippen LogP contribution < -0.4 is 5.32 Å². The lowest BCUT2D eigenvalue weighted by Gasteiger charge is -2.24. The number of alkyl carbamates (subject to hydrolysis) is 1. The molecule has 25 heavy (non-hydrogen) atoms. The first-order valence-corrected chi connectivity index (χ1v) is 8.79. The molecule has 1 unspecified atom stereocenters. The van der Waals surface area contributed by atoms with Crippen molar-refractivity contribution < 1.29 is 23.9 Å². The van der Waals surface area contributed by atoms with Gasteiger partial charge in [-0.05, 0) is 25.3 Å². The summed E-state index contributed by atoms with van der Waals surface area (Å²) >= 11 is 0. The minimum Gasteiger partial charge on any atom is -0.464 e.